The number of esters is 4. The van der Waals surface area contributed by atoms with Gasteiger partial charge in [0.25, 0.3) is 0 Å². The Kier molecular flexibility index (Phi) is 39.4. The Labute approximate surface area is 721 Å². The second kappa shape index (κ2) is 50.6. The lowest BCUT2D eigenvalue weighted by molar-refractivity contribution is -0.144. The van der Waals surface area contributed by atoms with Crippen LogP contribution in [0, 0.1) is 29.6 Å². The average molecular weight is 1720 g/mol. The van der Waals surface area contributed by atoms with E-state index in [0.717, 1.165) is 124 Å². The van der Waals surface area contributed by atoms with E-state index in [0.29, 0.717) is 129 Å². The molecule has 5 unspecified atom stereocenters. The summed E-state index contributed by atoms with van der Waals surface area (Å²) in [6.07, 6.45) is 9.68. The zero-order chi connectivity index (χ0) is 89.3. The fourth-order valence-corrected chi connectivity index (χ4v) is 13.8. The average Bonchev–Trinajstić information content (AvgIpc) is 1.70. The molecule has 670 valence electrons. The minimum atomic E-state index is -0.957. The third kappa shape index (κ3) is 33.5. The van der Waals surface area contributed by atoms with Gasteiger partial charge in [0.05, 0.1) is 117 Å². The first-order valence-electron chi connectivity index (χ1n) is 41.6. The van der Waals surface area contributed by atoms with Gasteiger partial charge in [0.15, 0.2) is 5.96 Å². The summed E-state index contributed by atoms with van der Waals surface area (Å²) in [5.41, 5.74) is 14.9. The Morgan fingerprint density at radius 3 is 1.12 bits per heavy atom. The maximum atomic E-state index is 12.2. The molecule has 7 heterocycles. The summed E-state index contributed by atoms with van der Waals surface area (Å²) in [7, 11) is 5.28. The van der Waals surface area contributed by atoms with Gasteiger partial charge in [-0.25, -0.2) is 14.8 Å². The number of anilines is 1. The van der Waals surface area contributed by atoms with Crippen LogP contribution >= 0.6 is 0 Å². The van der Waals surface area contributed by atoms with Crippen molar-refractivity contribution in [1.29, 1.82) is 0 Å². The second-order valence-corrected chi connectivity index (χ2v) is 31.0. The van der Waals surface area contributed by atoms with E-state index in [4.69, 9.17) is 34.5 Å². The molecule has 0 aliphatic carbocycles. The fourth-order valence-electron chi connectivity index (χ4n) is 13.8. The van der Waals surface area contributed by atoms with Crippen LogP contribution in [0.1, 0.15) is 141 Å². The molecule has 6 aliphatic heterocycles. The summed E-state index contributed by atoms with van der Waals surface area (Å²) in [6.45, 7) is 14.0. The Hall–Kier alpha value is -12.8. The molecule has 0 fully saturated rings. The minimum absolute atomic E-state index is 0.0602. The van der Waals surface area contributed by atoms with E-state index in [2.05, 4.69) is 81.8 Å². The predicted octanol–water partition coefficient (Wildman–Crippen LogP) is 6.21. The molecule has 0 bridgehead atoms. The quantitative estimate of drug-likeness (QED) is 0.0135. The number of methoxy groups -OCH3 is 4. The number of ether oxygens (including phenoxy) is 9. The summed E-state index contributed by atoms with van der Waals surface area (Å²) in [5, 5.41) is 44.8. The molecule has 0 saturated carbocycles. The number of aliphatic carboxylic acids is 1. The number of phenols is 1. The van der Waals surface area contributed by atoms with E-state index in [9.17, 15) is 57.8 Å². The standard InChI is InChI=1S/C21H30N2O6.C20H24N4O4.C19H26N4O4.C16H22N2O4.C13H15NO4/c1-21(2,3)29-20(26)22-8-5-9-28-17-7-6-14-10-15(12-18(24)27-4)19(25)23-13-16(14)11-17;1-27-18(25)12-15-10-14-4-5-17(11-16(14)13-24-19(15)26)28-9-3-8-23-20-21-6-2-7-22-20;24-17(25)11-14-9-13-3-4-16(10-15(13)12-23-18(14)26)27-8-2-7-22-19-20-5-1-6-21-19;1-21-15(19)9-12-7-11-3-4-14(22-6-2-5-17)8-13(11)10-18-16(12)20;1-18-12(16)6-9-4-8-2-3-11(15)5-10(8)7-14-13(9)17/h6-7,11,15H,5,8-10,12-13H2,1-4H3,(H,22,26)(H,23,25);2,4-7,11,15H,3,8-10,12-13H2,1H3,(H,24,26)(H,21,22,23);3-4,10,14H,1-2,5-9,11-12H2,(H,23,26)(H,24,25)(H2,20,21,22);3-4,8,12H,2,5-7,9-10,17H2,1H3,(H,18,20);2-3,5,9,15H,4,6-7H2,1H3,(H,14,17). The highest BCUT2D eigenvalue weighted by Gasteiger charge is 2.32. The Bertz CT molecular complexity index is 4620. The van der Waals surface area contributed by atoms with E-state index >= 15 is 0 Å². The van der Waals surface area contributed by atoms with E-state index in [1.807, 2.05) is 93.6 Å². The van der Waals surface area contributed by atoms with Crippen LogP contribution in [0.25, 0.3) is 0 Å². The summed E-state index contributed by atoms with van der Waals surface area (Å²) < 4.78 is 46.8. The number of carboxylic acid groups (broad SMARTS) is 1. The van der Waals surface area contributed by atoms with Crippen LogP contribution in [0.2, 0.25) is 0 Å². The van der Waals surface area contributed by atoms with Crippen LogP contribution in [-0.4, -0.2) is 191 Å². The van der Waals surface area contributed by atoms with E-state index in [1.165, 1.54) is 28.4 Å². The number of carboxylic acids is 1. The van der Waals surface area contributed by atoms with Gasteiger partial charge in [0.1, 0.15) is 34.3 Å². The lowest BCUT2D eigenvalue weighted by Gasteiger charge is -2.19. The Morgan fingerprint density at radius 2 is 0.782 bits per heavy atom. The van der Waals surface area contributed by atoms with Crippen molar-refractivity contribution in [2.45, 2.75) is 155 Å². The molecular weight excluding hydrogens is 1600 g/mol. The summed E-state index contributed by atoms with van der Waals surface area (Å²) in [6, 6.07) is 29.8. The number of nitrogens with zero attached hydrogens (tertiary/aromatic N) is 3. The molecule has 6 aromatic rings. The zero-order valence-corrected chi connectivity index (χ0v) is 71.5. The molecular formula is C89H117N13O22. The van der Waals surface area contributed by atoms with Crippen LogP contribution in [-0.2, 0) is 136 Å². The SMILES string of the molecule is COC(=O)CC1Cc2ccc(O)cc2CNC1=O.COC(=O)CC1Cc2ccc(OCCCN)cc2CNC1=O.COC(=O)CC1Cc2ccc(OCCCNC(=O)OC(C)(C)C)cc2CNC1=O.COC(=O)CC1Cc2ccc(OCCCNc3ncccn3)cc2CNC1=O.O=C(O)CC1Cc2ccc(OCCCNC3=NCCCN3)cc2CNC1=O. The van der Waals surface area contributed by atoms with Crippen molar-refractivity contribution in [3.8, 4) is 28.7 Å². The molecule has 0 radical (unpaired) electrons. The van der Waals surface area contributed by atoms with Gasteiger partial charge in [-0.3, -0.25) is 52.9 Å². The number of hydrogen-bond donors (Lipinski definition) is 12. The Morgan fingerprint density at radius 1 is 0.444 bits per heavy atom. The number of fused-ring (bicyclic) bond motifs is 5. The zero-order valence-electron chi connectivity index (χ0n) is 71.5. The highest BCUT2D eigenvalue weighted by atomic mass is 16.6. The van der Waals surface area contributed by atoms with Crippen LogP contribution in [0.15, 0.2) is 114 Å². The molecule has 5 atom stereocenters. The highest BCUT2D eigenvalue weighted by molar-refractivity contribution is 5.88. The molecule has 35 nitrogen and oxygen atoms in total. The monoisotopic (exact) mass is 1720 g/mol. The number of aromatic hydroxyl groups is 1. The van der Waals surface area contributed by atoms with Gasteiger partial charge in [-0.15, -0.1) is 0 Å². The Balaban J connectivity index is 0.000000194. The normalized spacial score (nSPS) is 17.2. The molecule has 5 aromatic carbocycles. The number of aliphatic imine (C=N–C) groups is 1. The number of phenolic OH excluding ortho intramolecular Hbond substituents is 1. The van der Waals surface area contributed by atoms with Crippen molar-refractivity contribution in [1.82, 2.24) is 52.5 Å². The summed E-state index contributed by atoms with van der Waals surface area (Å²) in [4.78, 5) is 141. The number of nitrogens with two attached hydrogens (primary N) is 1. The van der Waals surface area contributed by atoms with Gasteiger partial charge >= 0.3 is 35.9 Å². The molecule has 0 spiro atoms. The minimum Gasteiger partial charge on any atom is -0.508 e. The number of nitrogens with one attached hydrogen (secondary N) is 9. The molecule has 124 heavy (non-hydrogen) atoms. The molecule has 6 amide bonds. The van der Waals surface area contributed by atoms with Crippen molar-refractivity contribution < 1.29 is 106 Å². The van der Waals surface area contributed by atoms with Crippen molar-refractivity contribution in [2.24, 2.45) is 40.3 Å². The van der Waals surface area contributed by atoms with E-state index < -0.39 is 59.2 Å². The number of carbonyl (C=O) groups excluding carboxylic acids is 10. The van der Waals surface area contributed by atoms with E-state index in [-0.39, 0.29) is 79.3 Å². The van der Waals surface area contributed by atoms with E-state index in [1.54, 1.807) is 36.7 Å². The third-order valence-electron chi connectivity index (χ3n) is 20.4. The van der Waals surface area contributed by atoms with Crippen molar-refractivity contribution in [3.63, 3.8) is 0 Å². The molecule has 13 N–H and O–H groups in total. The van der Waals surface area contributed by atoms with Gasteiger partial charge in [-0.2, -0.15) is 0 Å². The largest absolute Gasteiger partial charge is 0.508 e. The number of hydrogen-bond acceptors (Lipinski definition) is 28. The number of alkyl carbamates (subject to hydrolysis) is 1. The van der Waals surface area contributed by atoms with Crippen LogP contribution < -0.4 is 72.5 Å². The van der Waals surface area contributed by atoms with Gasteiger partial charge in [-0.1, -0.05) is 30.3 Å². The van der Waals surface area contributed by atoms with Crippen LogP contribution in [0.3, 0.4) is 0 Å². The van der Waals surface area contributed by atoms with Crippen molar-refractivity contribution in [2.75, 3.05) is 99.5 Å². The maximum Gasteiger partial charge on any atom is 0.407 e. The number of aromatic nitrogens is 2. The fraction of sp³-hybridized carbons (Fsp3) is 0.483. The van der Waals surface area contributed by atoms with Gasteiger partial charge in [0.2, 0.25) is 35.5 Å². The predicted molar refractivity (Wildman–Crippen MR) is 455 cm³/mol. The third-order valence-corrected chi connectivity index (χ3v) is 20.4. The lowest BCUT2D eigenvalue weighted by atomic mass is 9.94. The maximum absolute atomic E-state index is 12.2. The van der Waals surface area contributed by atoms with Gasteiger partial charge < -0.3 is 106 Å². The molecule has 6 aliphatic rings. The van der Waals surface area contributed by atoms with Crippen LogP contribution in [0.4, 0.5) is 10.7 Å². The van der Waals surface area contributed by atoms with Crippen molar-refractivity contribution in [3.05, 3.63) is 165 Å². The van der Waals surface area contributed by atoms with Gasteiger partial charge in [0, 0.05) is 77.8 Å². The number of amides is 6. The number of rotatable bonds is 30. The van der Waals surface area contributed by atoms with Gasteiger partial charge in [-0.05, 0) is 214 Å². The first kappa shape index (κ1) is 96.6. The molecule has 35 heteroatoms. The summed E-state index contributed by atoms with van der Waals surface area (Å²) >= 11 is 0. The topological polar surface area (TPSA) is 484 Å². The molecule has 1 aromatic heterocycles. The first-order valence-corrected chi connectivity index (χ1v) is 41.6. The second-order valence-electron chi connectivity index (χ2n) is 31.0. The number of carbonyl (C=O) groups is 11. The van der Waals surface area contributed by atoms with Crippen LogP contribution in [0.5, 0.6) is 28.7 Å². The molecule has 0 saturated heterocycles. The number of guanidine groups is 1. The first-order chi connectivity index (χ1) is 59.7. The molecule has 12 rings (SSSR count). The van der Waals surface area contributed by atoms with Crippen molar-refractivity contribution >= 4 is 77.4 Å². The highest BCUT2D eigenvalue weighted by Crippen LogP contribution is 2.31. The lowest BCUT2D eigenvalue weighted by Crippen LogP contribution is -2.41. The summed E-state index contributed by atoms with van der Waals surface area (Å²) in [5.74, 6) is -0.809. The number of benzene rings is 5. The smallest absolute Gasteiger partial charge is 0.407 e.